The third-order valence-electron chi connectivity index (χ3n) is 3.45. The minimum absolute atomic E-state index is 0.0844. The Morgan fingerprint density at radius 1 is 1.40 bits per heavy atom. The molecule has 1 saturated carbocycles. The van der Waals surface area contributed by atoms with Crippen LogP contribution in [0.4, 0.5) is 4.39 Å². The Labute approximate surface area is 89.2 Å². The number of halogens is 1. The van der Waals surface area contributed by atoms with Gasteiger partial charge in [-0.15, -0.1) is 0 Å². The van der Waals surface area contributed by atoms with Gasteiger partial charge in [-0.25, -0.2) is 4.39 Å². The normalized spacial score (nSPS) is 27.5. The van der Waals surface area contributed by atoms with Crippen LogP contribution in [-0.4, -0.2) is 13.2 Å². The van der Waals surface area contributed by atoms with Crippen LogP contribution in [0, 0.1) is 11.2 Å². The van der Waals surface area contributed by atoms with Gasteiger partial charge in [0.25, 0.3) is 0 Å². The maximum Gasteiger partial charge on any atom is 0.165 e. The van der Waals surface area contributed by atoms with Gasteiger partial charge < -0.3 is 10.5 Å². The lowest BCUT2D eigenvalue weighted by Crippen LogP contribution is -2.06. The third kappa shape index (κ3) is 1.51. The van der Waals surface area contributed by atoms with Crippen LogP contribution in [0.1, 0.15) is 25.3 Å². The zero-order chi connectivity index (χ0) is 11.2. The first-order valence-electron chi connectivity index (χ1n) is 5.07. The van der Waals surface area contributed by atoms with Crippen molar-refractivity contribution in [2.75, 3.05) is 7.11 Å². The summed E-state index contributed by atoms with van der Waals surface area (Å²) < 4.78 is 18.3. The smallest absolute Gasteiger partial charge is 0.165 e. The second kappa shape index (κ2) is 3.20. The second-order valence-corrected chi connectivity index (χ2v) is 4.72. The highest BCUT2D eigenvalue weighted by molar-refractivity contribution is 5.38. The Hall–Kier alpha value is -1.09. The molecule has 15 heavy (non-hydrogen) atoms. The van der Waals surface area contributed by atoms with E-state index in [2.05, 4.69) is 13.8 Å². The van der Waals surface area contributed by atoms with Gasteiger partial charge in [-0.1, -0.05) is 19.9 Å². The van der Waals surface area contributed by atoms with Gasteiger partial charge in [0, 0.05) is 12.0 Å². The molecule has 82 valence electrons. The van der Waals surface area contributed by atoms with Crippen molar-refractivity contribution in [3.8, 4) is 5.75 Å². The molecule has 2 rings (SSSR count). The average Bonchev–Trinajstić information content (AvgIpc) is 2.66. The monoisotopic (exact) mass is 209 g/mol. The number of ether oxygens (including phenoxy) is 1. The lowest BCUT2D eigenvalue weighted by molar-refractivity contribution is 0.386. The zero-order valence-electron chi connectivity index (χ0n) is 9.25. The maximum atomic E-state index is 13.5. The second-order valence-electron chi connectivity index (χ2n) is 4.72. The largest absolute Gasteiger partial charge is 0.494 e. The summed E-state index contributed by atoms with van der Waals surface area (Å²) in [6.45, 7) is 4.20. The van der Waals surface area contributed by atoms with Crippen molar-refractivity contribution in [3.05, 3.63) is 29.6 Å². The number of rotatable bonds is 2. The molecule has 2 N–H and O–H groups in total. The van der Waals surface area contributed by atoms with Gasteiger partial charge in [-0.3, -0.25) is 0 Å². The maximum absolute atomic E-state index is 13.5. The van der Waals surface area contributed by atoms with Gasteiger partial charge in [-0.05, 0) is 23.1 Å². The average molecular weight is 209 g/mol. The van der Waals surface area contributed by atoms with Gasteiger partial charge in [0.15, 0.2) is 11.6 Å². The summed E-state index contributed by atoms with van der Waals surface area (Å²) in [5.41, 5.74) is 6.99. The van der Waals surface area contributed by atoms with Gasteiger partial charge >= 0.3 is 0 Å². The van der Waals surface area contributed by atoms with Crippen LogP contribution in [-0.2, 0) is 0 Å². The van der Waals surface area contributed by atoms with E-state index < -0.39 is 0 Å². The van der Waals surface area contributed by atoms with Crippen LogP contribution >= 0.6 is 0 Å². The standard InChI is InChI=1S/C12H16FNO/c1-12(2)10(11(12)14)7-4-5-9(15-3)8(13)6-7/h4-6,10-11H,14H2,1-3H3/t10-,11-/m0/s1. The van der Waals surface area contributed by atoms with E-state index in [0.29, 0.717) is 0 Å². The van der Waals surface area contributed by atoms with Crippen LogP contribution < -0.4 is 10.5 Å². The molecule has 0 radical (unpaired) electrons. The van der Waals surface area contributed by atoms with Gasteiger partial charge in [0.1, 0.15) is 0 Å². The van der Waals surface area contributed by atoms with Crippen LogP contribution in [0.5, 0.6) is 5.75 Å². The number of hydrogen-bond donors (Lipinski definition) is 1. The predicted octanol–water partition coefficient (Wildman–Crippen LogP) is 2.29. The highest BCUT2D eigenvalue weighted by Gasteiger charge is 2.56. The number of methoxy groups -OCH3 is 1. The van der Waals surface area contributed by atoms with E-state index in [4.69, 9.17) is 10.5 Å². The molecule has 0 spiro atoms. The SMILES string of the molecule is COc1ccc([C@H]2[C@H](N)C2(C)C)cc1F. The molecular weight excluding hydrogens is 193 g/mol. The van der Waals surface area contributed by atoms with Crippen molar-refractivity contribution in [2.24, 2.45) is 11.1 Å². The van der Waals surface area contributed by atoms with E-state index >= 15 is 0 Å². The summed E-state index contributed by atoms with van der Waals surface area (Å²) in [6.07, 6.45) is 0. The summed E-state index contributed by atoms with van der Waals surface area (Å²) in [4.78, 5) is 0. The van der Waals surface area contributed by atoms with Crippen LogP contribution in [0.25, 0.3) is 0 Å². The fraction of sp³-hybridized carbons (Fsp3) is 0.500. The molecule has 0 saturated heterocycles. The van der Waals surface area contributed by atoms with Gasteiger partial charge in [0.2, 0.25) is 0 Å². The van der Waals surface area contributed by atoms with E-state index in [1.807, 2.05) is 6.07 Å². The summed E-state index contributed by atoms with van der Waals surface area (Å²) in [7, 11) is 1.46. The number of hydrogen-bond acceptors (Lipinski definition) is 2. The Kier molecular flexibility index (Phi) is 2.23. The fourth-order valence-corrected chi connectivity index (χ4v) is 2.19. The molecule has 0 bridgehead atoms. The summed E-state index contributed by atoms with van der Waals surface area (Å²) in [5.74, 6) is 0.230. The Bertz CT molecular complexity index is 389. The molecule has 3 heteroatoms. The molecule has 1 fully saturated rings. The van der Waals surface area contributed by atoms with E-state index in [9.17, 15) is 4.39 Å². The highest BCUT2D eigenvalue weighted by Crippen LogP contribution is 2.57. The van der Waals surface area contributed by atoms with Crippen molar-refractivity contribution in [1.82, 2.24) is 0 Å². The van der Waals surface area contributed by atoms with E-state index in [-0.39, 0.29) is 28.9 Å². The van der Waals surface area contributed by atoms with Gasteiger partial charge in [-0.2, -0.15) is 0 Å². The first-order valence-corrected chi connectivity index (χ1v) is 5.07. The van der Waals surface area contributed by atoms with Crippen molar-refractivity contribution in [2.45, 2.75) is 25.8 Å². The van der Waals surface area contributed by atoms with E-state index in [0.717, 1.165) is 5.56 Å². The molecule has 1 aliphatic rings. The molecule has 0 aliphatic heterocycles. The fourth-order valence-electron chi connectivity index (χ4n) is 2.19. The van der Waals surface area contributed by atoms with Crippen molar-refractivity contribution >= 4 is 0 Å². The lowest BCUT2D eigenvalue weighted by atomic mass is 10.0. The molecule has 1 aromatic carbocycles. The Balaban J connectivity index is 2.29. The Morgan fingerprint density at radius 3 is 2.40 bits per heavy atom. The molecular formula is C12H16FNO. The van der Waals surface area contributed by atoms with Crippen LogP contribution in [0.3, 0.4) is 0 Å². The molecule has 2 atom stereocenters. The van der Waals surface area contributed by atoms with Crippen LogP contribution in [0.2, 0.25) is 0 Å². The van der Waals surface area contributed by atoms with Crippen molar-refractivity contribution < 1.29 is 9.13 Å². The molecule has 0 heterocycles. The van der Waals surface area contributed by atoms with Gasteiger partial charge in [0.05, 0.1) is 7.11 Å². The molecule has 0 aromatic heterocycles. The lowest BCUT2D eigenvalue weighted by Gasteiger charge is -2.06. The Morgan fingerprint density at radius 2 is 2.00 bits per heavy atom. The third-order valence-corrected chi connectivity index (χ3v) is 3.45. The number of nitrogens with two attached hydrogens (primary N) is 1. The first-order chi connectivity index (χ1) is 6.98. The highest BCUT2D eigenvalue weighted by atomic mass is 19.1. The minimum atomic E-state index is -0.315. The molecule has 1 aromatic rings. The summed E-state index contributed by atoms with van der Waals surface area (Å²) in [5, 5.41) is 0. The molecule has 2 nitrogen and oxygen atoms in total. The van der Waals surface area contributed by atoms with E-state index in [1.165, 1.54) is 13.2 Å². The van der Waals surface area contributed by atoms with Crippen LogP contribution in [0.15, 0.2) is 18.2 Å². The predicted molar refractivity (Wildman–Crippen MR) is 57.4 cm³/mol. The van der Waals surface area contributed by atoms with E-state index in [1.54, 1.807) is 6.07 Å². The number of benzene rings is 1. The first kappa shape index (κ1) is 10.4. The quantitative estimate of drug-likeness (QED) is 0.811. The molecule has 0 unspecified atom stereocenters. The summed E-state index contributed by atoms with van der Waals surface area (Å²) >= 11 is 0. The molecule has 0 amide bonds. The summed E-state index contributed by atoms with van der Waals surface area (Å²) in [6, 6.07) is 5.20. The molecule has 1 aliphatic carbocycles. The topological polar surface area (TPSA) is 35.2 Å². The minimum Gasteiger partial charge on any atom is -0.494 e. The van der Waals surface area contributed by atoms with Crippen molar-refractivity contribution in [3.63, 3.8) is 0 Å². The van der Waals surface area contributed by atoms with Crippen molar-refractivity contribution in [1.29, 1.82) is 0 Å². The zero-order valence-corrected chi connectivity index (χ0v) is 9.25.